The van der Waals surface area contributed by atoms with Crippen LogP contribution in [0, 0.1) is 0 Å². The van der Waals surface area contributed by atoms with E-state index in [4.69, 9.17) is 4.42 Å². The van der Waals surface area contributed by atoms with Crippen LogP contribution in [0.2, 0.25) is 0 Å². The minimum absolute atomic E-state index is 0.284. The Morgan fingerprint density at radius 1 is 1.30 bits per heavy atom. The number of furan rings is 1. The van der Waals surface area contributed by atoms with Crippen LogP contribution in [-0.2, 0) is 10.3 Å². The molecule has 0 saturated heterocycles. The largest absolute Gasteiger partial charge is 0.463 e. The van der Waals surface area contributed by atoms with Crippen molar-refractivity contribution in [2.24, 2.45) is 0 Å². The van der Waals surface area contributed by atoms with E-state index in [1.807, 2.05) is 0 Å². The normalized spacial score (nSPS) is 12.2. The first kappa shape index (κ1) is 16.8. The van der Waals surface area contributed by atoms with Crippen molar-refractivity contribution in [3.63, 3.8) is 0 Å². The highest BCUT2D eigenvalue weighted by Gasteiger charge is 2.35. The van der Waals surface area contributed by atoms with Crippen LogP contribution in [0.1, 0.15) is 13.8 Å². The molecule has 0 spiro atoms. The zero-order valence-electron chi connectivity index (χ0n) is 12.3. The lowest BCUT2D eigenvalue weighted by Crippen LogP contribution is -2.51. The van der Waals surface area contributed by atoms with Crippen LogP contribution < -0.4 is 10.9 Å². The van der Waals surface area contributed by atoms with Crippen molar-refractivity contribution in [1.29, 1.82) is 0 Å². The second kappa shape index (κ2) is 5.90. The van der Waals surface area contributed by atoms with Gasteiger partial charge in [-0.2, -0.15) is 18.3 Å². The lowest BCUT2D eigenvalue weighted by atomic mass is 10.0. The van der Waals surface area contributed by atoms with Crippen LogP contribution in [0.15, 0.2) is 39.7 Å². The Kier molecular flexibility index (Phi) is 4.31. The number of carbonyl (C=O) groups is 1. The number of nitrogens with one attached hydrogen (secondary N) is 1. The van der Waals surface area contributed by atoms with Gasteiger partial charge in [-0.3, -0.25) is 9.59 Å². The van der Waals surface area contributed by atoms with Crippen LogP contribution in [-0.4, -0.2) is 28.4 Å². The maximum absolute atomic E-state index is 12.2. The molecule has 9 heteroatoms. The summed E-state index contributed by atoms with van der Waals surface area (Å²) in [6.45, 7) is 1.12. The van der Waals surface area contributed by atoms with E-state index in [-0.39, 0.29) is 5.69 Å². The van der Waals surface area contributed by atoms with Gasteiger partial charge in [0.25, 0.3) is 5.56 Å². The van der Waals surface area contributed by atoms with Gasteiger partial charge in [0.1, 0.15) is 17.8 Å². The zero-order valence-corrected chi connectivity index (χ0v) is 12.3. The highest BCUT2D eigenvalue weighted by Crippen LogP contribution is 2.19. The van der Waals surface area contributed by atoms with Crippen LogP contribution >= 0.6 is 0 Å². The van der Waals surface area contributed by atoms with E-state index in [0.29, 0.717) is 5.76 Å². The van der Waals surface area contributed by atoms with Crippen LogP contribution in [0.4, 0.5) is 13.2 Å². The van der Waals surface area contributed by atoms with E-state index >= 15 is 0 Å². The summed E-state index contributed by atoms with van der Waals surface area (Å²) in [6.07, 6.45) is -3.13. The summed E-state index contributed by atoms with van der Waals surface area (Å²) >= 11 is 0. The van der Waals surface area contributed by atoms with Crippen molar-refractivity contribution in [3.05, 3.63) is 40.9 Å². The fourth-order valence-corrected chi connectivity index (χ4v) is 1.86. The molecule has 0 saturated carbocycles. The van der Waals surface area contributed by atoms with Crippen LogP contribution in [0.5, 0.6) is 0 Å². The smallest absolute Gasteiger partial charge is 0.405 e. The molecular weight excluding hydrogens is 315 g/mol. The van der Waals surface area contributed by atoms with Gasteiger partial charge in [-0.25, -0.2) is 4.68 Å². The molecule has 2 aromatic heterocycles. The Morgan fingerprint density at radius 3 is 2.57 bits per heavy atom. The predicted octanol–water partition coefficient (Wildman–Crippen LogP) is 1.92. The fraction of sp³-hybridized carbons (Fsp3) is 0.357. The van der Waals surface area contributed by atoms with Crippen LogP contribution in [0.25, 0.3) is 11.5 Å². The molecule has 124 valence electrons. The average molecular weight is 329 g/mol. The average Bonchev–Trinajstić information content (AvgIpc) is 2.98. The summed E-state index contributed by atoms with van der Waals surface area (Å²) in [6, 6.07) is 5.80. The number of carbonyl (C=O) groups excluding carboxylic acids is 1. The number of aromatic nitrogens is 2. The quantitative estimate of drug-likeness (QED) is 0.930. The van der Waals surface area contributed by atoms with Gasteiger partial charge in [-0.05, 0) is 32.0 Å². The summed E-state index contributed by atoms with van der Waals surface area (Å²) in [5, 5.41) is 5.78. The molecule has 0 aromatic carbocycles. The molecule has 0 aliphatic carbocycles. The van der Waals surface area contributed by atoms with Crippen LogP contribution in [0.3, 0.4) is 0 Å². The van der Waals surface area contributed by atoms with Crippen molar-refractivity contribution in [2.45, 2.75) is 25.6 Å². The van der Waals surface area contributed by atoms with Crippen molar-refractivity contribution >= 4 is 5.91 Å². The number of alkyl halides is 3. The first-order chi connectivity index (χ1) is 10.6. The topological polar surface area (TPSA) is 77.1 Å². The molecule has 1 amide bonds. The van der Waals surface area contributed by atoms with E-state index in [1.54, 1.807) is 17.4 Å². The van der Waals surface area contributed by atoms with Crippen molar-refractivity contribution in [1.82, 2.24) is 15.1 Å². The summed E-state index contributed by atoms with van der Waals surface area (Å²) in [4.78, 5) is 24.0. The number of rotatable bonds is 4. The van der Waals surface area contributed by atoms with E-state index in [0.717, 1.165) is 4.68 Å². The molecular formula is C14H14F3N3O3. The maximum atomic E-state index is 12.2. The van der Waals surface area contributed by atoms with E-state index in [9.17, 15) is 22.8 Å². The minimum atomic E-state index is -4.54. The number of halogens is 3. The second-order valence-electron chi connectivity index (χ2n) is 5.30. The number of nitrogens with zero attached hydrogens (tertiary/aromatic N) is 2. The number of hydrogen-bond donors (Lipinski definition) is 1. The molecule has 2 aromatic rings. The molecule has 0 aliphatic rings. The summed E-state index contributed by atoms with van der Waals surface area (Å²) < 4.78 is 42.7. The first-order valence-corrected chi connectivity index (χ1v) is 6.61. The molecule has 23 heavy (non-hydrogen) atoms. The standard InChI is InChI=1S/C14H14F3N3O3/c1-13(2,12(22)18-8-14(15,16)17)20-11(21)6-5-9(19-20)10-4-3-7-23-10/h3-7H,8H2,1-2H3,(H,18,22). The van der Waals surface area contributed by atoms with Gasteiger partial charge < -0.3 is 9.73 Å². The van der Waals surface area contributed by atoms with E-state index in [1.165, 1.54) is 32.2 Å². The molecule has 0 bridgehead atoms. The number of amides is 1. The molecule has 0 fully saturated rings. The Hall–Kier alpha value is -2.58. The molecule has 0 radical (unpaired) electrons. The van der Waals surface area contributed by atoms with E-state index < -0.39 is 29.7 Å². The molecule has 2 rings (SSSR count). The van der Waals surface area contributed by atoms with Crippen molar-refractivity contribution in [2.75, 3.05) is 6.54 Å². The Bertz CT molecular complexity index is 749. The van der Waals surface area contributed by atoms with Crippen molar-refractivity contribution < 1.29 is 22.4 Å². The first-order valence-electron chi connectivity index (χ1n) is 6.61. The molecule has 1 N–H and O–H groups in total. The lowest BCUT2D eigenvalue weighted by molar-refractivity contribution is -0.143. The second-order valence-corrected chi connectivity index (χ2v) is 5.30. The Balaban J connectivity index is 2.33. The van der Waals surface area contributed by atoms with Gasteiger partial charge in [0, 0.05) is 6.07 Å². The predicted molar refractivity (Wildman–Crippen MR) is 74.6 cm³/mol. The van der Waals surface area contributed by atoms with Crippen molar-refractivity contribution in [3.8, 4) is 11.5 Å². The van der Waals surface area contributed by atoms with E-state index in [2.05, 4.69) is 5.10 Å². The third kappa shape index (κ3) is 3.79. The van der Waals surface area contributed by atoms with Gasteiger partial charge in [0.2, 0.25) is 5.91 Å². The summed E-state index contributed by atoms with van der Waals surface area (Å²) in [5.74, 6) is -0.605. The zero-order chi connectivity index (χ0) is 17.3. The third-order valence-electron chi connectivity index (χ3n) is 3.11. The lowest BCUT2D eigenvalue weighted by Gasteiger charge is -2.25. The Labute approximate surface area is 128 Å². The molecule has 2 heterocycles. The van der Waals surface area contributed by atoms with Gasteiger partial charge in [0.15, 0.2) is 5.76 Å². The number of hydrogen-bond acceptors (Lipinski definition) is 4. The Morgan fingerprint density at radius 2 is 2.00 bits per heavy atom. The van der Waals surface area contributed by atoms with Gasteiger partial charge >= 0.3 is 6.18 Å². The third-order valence-corrected chi connectivity index (χ3v) is 3.11. The highest BCUT2D eigenvalue weighted by atomic mass is 19.4. The summed E-state index contributed by atoms with van der Waals surface area (Å²) in [7, 11) is 0. The molecule has 0 unspecified atom stereocenters. The van der Waals surface area contributed by atoms with Gasteiger partial charge in [-0.1, -0.05) is 0 Å². The monoisotopic (exact) mass is 329 g/mol. The SMILES string of the molecule is CC(C)(C(=O)NCC(F)(F)F)n1nc(-c2ccco2)ccc1=O. The van der Waals surface area contributed by atoms with Gasteiger partial charge in [-0.15, -0.1) is 0 Å². The molecule has 0 aliphatic heterocycles. The summed E-state index contributed by atoms with van der Waals surface area (Å²) in [5.41, 5.74) is -1.94. The molecule has 6 nitrogen and oxygen atoms in total. The fourth-order valence-electron chi connectivity index (χ4n) is 1.86. The van der Waals surface area contributed by atoms with Gasteiger partial charge in [0.05, 0.1) is 6.26 Å². The maximum Gasteiger partial charge on any atom is 0.405 e. The minimum Gasteiger partial charge on any atom is -0.463 e. The molecule has 0 atom stereocenters. The highest BCUT2D eigenvalue weighted by molar-refractivity contribution is 5.83.